The molecule has 3 aromatic rings. The number of hydrogen-bond donors (Lipinski definition) is 2. The Balaban J connectivity index is 2.07. The van der Waals surface area contributed by atoms with Gasteiger partial charge in [-0.3, -0.25) is 4.79 Å². The Morgan fingerprint density at radius 1 is 1.15 bits per heavy atom. The molecular weight excluding hydrogens is 481 g/mol. The van der Waals surface area contributed by atoms with Crippen LogP contribution < -0.4 is 10.1 Å². The molecule has 12 heteroatoms. The van der Waals surface area contributed by atoms with Crippen molar-refractivity contribution in [3.8, 4) is 11.6 Å². The van der Waals surface area contributed by atoms with Crippen molar-refractivity contribution >= 4 is 32.9 Å². The van der Waals surface area contributed by atoms with Crippen molar-refractivity contribution < 1.29 is 26.9 Å². The summed E-state index contributed by atoms with van der Waals surface area (Å²) in [5, 5.41) is 9.63. The molecule has 0 aliphatic heterocycles. The summed E-state index contributed by atoms with van der Waals surface area (Å²) in [6.45, 7) is 2.79. The molecule has 3 rings (SSSR count). The molecule has 2 N–H and O–H groups in total. The number of benzene rings is 2. The SMILES string of the molecule is Cc1cc(Oc2nnc(C(F)(F)F)c(C)c2C(=O)Nc2cccc(S(C)(=N)=O)c2)ccc1Cl. The lowest BCUT2D eigenvalue weighted by Gasteiger charge is -2.16. The third-order valence-corrected chi connectivity index (χ3v) is 6.14. The zero-order valence-electron chi connectivity index (χ0n) is 17.6. The Morgan fingerprint density at radius 3 is 2.45 bits per heavy atom. The molecule has 1 amide bonds. The third-order valence-electron chi connectivity index (χ3n) is 4.57. The van der Waals surface area contributed by atoms with Gasteiger partial charge in [0, 0.05) is 21.9 Å². The minimum Gasteiger partial charge on any atom is -0.437 e. The number of hydrogen-bond acceptors (Lipinski definition) is 6. The van der Waals surface area contributed by atoms with E-state index >= 15 is 0 Å². The zero-order valence-corrected chi connectivity index (χ0v) is 19.2. The van der Waals surface area contributed by atoms with Gasteiger partial charge >= 0.3 is 6.18 Å². The minimum absolute atomic E-state index is 0.136. The number of anilines is 1. The Labute approximate surface area is 192 Å². The second-order valence-electron chi connectivity index (χ2n) is 7.19. The maximum absolute atomic E-state index is 13.4. The molecule has 0 spiro atoms. The molecule has 1 aromatic heterocycles. The van der Waals surface area contributed by atoms with E-state index in [9.17, 15) is 22.2 Å². The van der Waals surface area contributed by atoms with Gasteiger partial charge in [-0.1, -0.05) is 17.7 Å². The summed E-state index contributed by atoms with van der Waals surface area (Å²) >= 11 is 5.99. The van der Waals surface area contributed by atoms with Crippen LogP contribution in [0.2, 0.25) is 5.02 Å². The lowest BCUT2D eigenvalue weighted by molar-refractivity contribution is -0.142. The van der Waals surface area contributed by atoms with E-state index in [1.807, 2.05) is 0 Å². The number of amides is 1. The second kappa shape index (κ2) is 8.99. The number of aromatic nitrogens is 2. The molecule has 174 valence electrons. The molecule has 0 aliphatic rings. The second-order valence-corrected chi connectivity index (χ2v) is 9.76. The first-order valence-corrected chi connectivity index (χ1v) is 11.7. The zero-order chi connectivity index (χ0) is 24.6. The fraction of sp³-hybridized carbons (Fsp3) is 0.190. The monoisotopic (exact) mass is 498 g/mol. The van der Waals surface area contributed by atoms with Crippen molar-refractivity contribution in [3.05, 3.63) is 69.9 Å². The van der Waals surface area contributed by atoms with Gasteiger partial charge in [0.1, 0.15) is 11.3 Å². The van der Waals surface area contributed by atoms with E-state index in [1.54, 1.807) is 6.92 Å². The smallest absolute Gasteiger partial charge is 0.435 e. The van der Waals surface area contributed by atoms with Crippen LogP contribution in [-0.4, -0.2) is 26.6 Å². The summed E-state index contributed by atoms with van der Waals surface area (Å²) in [5.74, 6) is -1.18. The third kappa shape index (κ3) is 5.60. The number of alkyl halides is 3. The molecule has 1 unspecified atom stereocenters. The van der Waals surface area contributed by atoms with Crippen molar-refractivity contribution in [2.24, 2.45) is 0 Å². The van der Waals surface area contributed by atoms with Crippen LogP contribution in [0.3, 0.4) is 0 Å². The highest BCUT2D eigenvalue weighted by atomic mass is 35.5. The van der Waals surface area contributed by atoms with Gasteiger partial charge in [-0.15, -0.1) is 10.2 Å². The number of nitrogens with one attached hydrogen (secondary N) is 2. The lowest BCUT2D eigenvalue weighted by atomic mass is 10.1. The molecular formula is C21H18ClF3N4O3S. The van der Waals surface area contributed by atoms with E-state index in [2.05, 4.69) is 15.5 Å². The standard InChI is InChI=1S/C21H18ClF3N4O3S/c1-11-9-14(7-8-16(11)22)32-20-17(12(2)18(28-29-20)21(23,24)25)19(30)27-13-5-4-6-15(10-13)33(3,26)31/h4-10,26H,1-3H3,(H,27,30). The highest BCUT2D eigenvalue weighted by Crippen LogP contribution is 2.35. The average Bonchev–Trinajstić information content (AvgIpc) is 2.69. The molecule has 2 aromatic carbocycles. The van der Waals surface area contributed by atoms with E-state index in [4.69, 9.17) is 21.1 Å². The highest BCUT2D eigenvalue weighted by Gasteiger charge is 2.38. The van der Waals surface area contributed by atoms with Crippen LogP contribution in [-0.2, 0) is 15.9 Å². The van der Waals surface area contributed by atoms with Gasteiger partial charge in [0.05, 0.1) is 9.73 Å². The largest absolute Gasteiger partial charge is 0.437 e. The Hall–Kier alpha value is -3.18. The first-order valence-electron chi connectivity index (χ1n) is 9.31. The quantitative estimate of drug-likeness (QED) is 0.459. The predicted octanol–water partition coefficient (Wildman–Crippen LogP) is 5.85. The van der Waals surface area contributed by atoms with Gasteiger partial charge in [-0.05, 0) is 61.4 Å². The summed E-state index contributed by atoms with van der Waals surface area (Å²) in [5.41, 5.74) is -1.50. The molecule has 0 aliphatic carbocycles. The Kier molecular flexibility index (Phi) is 6.66. The molecule has 1 atom stereocenters. The first kappa shape index (κ1) is 24.5. The summed E-state index contributed by atoms with van der Waals surface area (Å²) in [4.78, 5) is 13.2. The van der Waals surface area contributed by atoms with Crippen molar-refractivity contribution in [2.45, 2.75) is 24.9 Å². The molecule has 0 saturated heterocycles. The Bertz CT molecular complexity index is 1350. The molecule has 0 bridgehead atoms. The summed E-state index contributed by atoms with van der Waals surface area (Å²) in [7, 11) is -3.07. The number of carbonyl (C=O) groups excluding carboxylic acids is 1. The van der Waals surface area contributed by atoms with Crippen LogP contribution in [0.25, 0.3) is 0 Å². The topological polar surface area (TPSA) is 105 Å². The van der Waals surface area contributed by atoms with Crippen molar-refractivity contribution in [3.63, 3.8) is 0 Å². The number of carbonyl (C=O) groups is 1. The van der Waals surface area contributed by atoms with Crippen LogP contribution in [0.5, 0.6) is 11.6 Å². The Morgan fingerprint density at radius 2 is 1.85 bits per heavy atom. The van der Waals surface area contributed by atoms with Gasteiger partial charge in [0.15, 0.2) is 5.69 Å². The van der Waals surface area contributed by atoms with Crippen LogP contribution in [0, 0.1) is 18.6 Å². The summed E-state index contributed by atoms with van der Waals surface area (Å²) in [6.07, 6.45) is -3.64. The fourth-order valence-corrected chi connectivity index (χ4v) is 3.72. The van der Waals surface area contributed by atoms with Crippen molar-refractivity contribution in [1.29, 1.82) is 4.78 Å². The van der Waals surface area contributed by atoms with Crippen molar-refractivity contribution in [1.82, 2.24) is 10.2 Å². The molecule has 7 nitrogen and oxygen atoms in total. The highest BCUT2D eigenvalue weighted by molar-refractivity contribution is 7.91. The molecule has 0 saturated carbocycles. The normalized spacial score (nSPS) is 13.3. The van der Waals surface area contributed by atoms with E-state index in [-0.39, 0.29) is 16.3 Å². The van der Waals surface area contributed by atoms with Gasteiger partial charge < -0.3 is 10.1 Å². The van der Waals surface area contributed by atoms with Gasteiger partial charge in [-0.25, -0.2) is 8.99 Å². The van der Waals surface area contributed by atoms with E-state index in [0.29, 0.717) is 10.6 Å². The molecule has 33 heavy (non-hydrogen) atoms. The van der Waals surface area contributed by atoms with Crippen molar-refractivity contribution in [2.75, 3.05) is 11.6 Å². The van der Waals surface area contributed by atoms with E-state index in [0.717, 1.165) is 6.92 Å². The number of ether oxygens (including phenoxy) is 1. The minimum atomic E-state index is -4.85. The number of rotatable bonds is 5. The van der Waals surface area contributed by atoms with Crippen LogP contribution in [0.4, 0.5) is 18.9 Å². The molecule has 0 radical (unpaired) electrons. The summed E-state index contributed by atoms with van der Waals surface area (Å²) in [6, 6.07) is 10.2. The lowest BCUT2D eigenvalue weighted by Crippen LogP contribution is -2.21. The average molecular weight is 499 g/mol. The van der Waals surface area contributed by atoms with E-state index in [1.165, 1.54) is 48.7 Å². The van der Waals surface area contributed by atoms with E-state index < -0.39 is 44.5 Å². The van der Waals surface area contributed by atoms with Crippen LogP contribution in [0.1, 0.15) is 27.2 Å². The predicted molar refractivity (Wildman–Crippen MR) is 117 cm³/mol. The maximum atomic E-state index is 13.4. The van der Waals surface area contributed by atoms with Crippen LogP contribution >= 0.6 is 11.6 Å². The molecule has 1 heterocycles. The number of aryl methyl sites for hydroxylation is 1. The maximum Gasteiger partial charge on any atom is 0.435 e. The summed E-state index contributed by atoms with van der Waals surface area (Å²) < 4.78 is 65.5. The van der Waals surface area contributed by atoms with Crippen LogP contribution in [0.15, 0.2) is 47.4 Å². The van der Waals surface area contributed by atoms with Gasteiger partial charge in [-0.2, -0.15) is 13.2 Å². The number of halogens is 4. The van der Waals surface area contributed by atoms with Gasteiger partial charge in [0.25, 0.3) is 11.8 Å². The van der Waals surface area contributed by atoms with Gasteiger partial charge in [0.2, 0.25) is 0 Å². The first-order chi connectivity index (χ1) is 15.3. The molecule has 0 fully saturated rings. The number of nitrogens with zero attached hydrogens (tertiary/aromatic N) is 2. The fourth-order valence-electron chi connectivity index (χ4n) is 2.91.